The van der Waals surface area contributed by atoms with E-state index in [1.54, 1.807) is 13.3 Å². The Morgan fingerprint density at radius 3 is 2.63 bits per heavy atom. The lowest BCUT2D eigenvalue weighted by Crippen LogP contribution is -1.89. The van der Waals surface area contributed by atoms with Crippen molar-refractivity contribution in [1.29, 1.82) is 0 Å². The Morgan fingerprint density at radius 2 is 1.95 bits per heavy atom. The van der Waals surface area contributed by atoms with Crippen LogP contribution in [0.3, 0.4) is 0 Å². The van der Waals surface area contributed by atoms with Gasteiger partial charge in [-0.25, -0.2) is 0 Å². The predicted octanol–water partition coefficient (Wildman–Crippen LogP) is 4.01. The second kappa shape index (κ2) is 6.95. The average Bonchev–Trinajstić information content (AvgIpc) is 2.44. The number of benzene rings is 2. The van der Waals surface area contributed by atoms with Gasteiger partial charge in [0.15, 0.2) is 0 Å². The van der Waals surface area contributed by atoms with Gasteiger partial charge in [0.05, 0.1) is 13.3 Å². The topological polar surface area (TPSA) is 30.8 Å². The van der Waals surface area contributed by atoms with Crippen LogP contribution in [-0.4, -0.2) is 13.3 Å². The van der Waals surface area contributed by atoms with E-state index in [-0.39, 0.29) is 0 Å². The molecule has 0 fully saturated rings. The normalized spacial score (nSPS) is 10.6. The highest BCUT2D eigenvalue weighted by Crippen LogP contribution is 2.12. The minimum atomic E-state index is 0.439. The molecule has 0 aromatic heterocycles. The number of oxime groups is 1. The van der Waals surface area contributed by atoms with Crippen molar-refractivity contribution in [2.24, 2.45) is 5.16 Å². The summed E-state index contributed by atoms with van der Waals surface area (Å²) >= 11 is 3.41. The van der Waals surface area contributed by atoms with Gasteiger partial charge in [-0.05, 0) is 35.4 Å². The Labute approximate surface area is 121 Å². The number of hydrogen-bond donors (Lipinski definition) is 0. The molecule has 0 saturated carbocycles. The summed E-state index contributed by atoms with van der Waals surface area (Å²) in [6.45, 7) is 0.439. The molecule has 0 N–H and O–H groups in total. The van der Waals surface area contributed by atoms with Gasteiger partial charge in [0, 0.05) is 4.47 Å². The third kappa shape index (κ3) is 4.41. The van der Waals surface area contributed by atoms with Crippen LogP contribution in [-0.2, 0) is 11.4 Å². The summed E-state index contributed by atoms with van der Waals surface area (Å²) < 4.78 is 6.11. The minimum Gasteiger partial charge on any atom is -0.497 e. The first-order valence-corrected chi connectivity index (χ1v) is 6.61. The van der Waals surface area contributed by atoms with Gasteiger partial charge in [-0.2, -0.15) is 0 Å². The van der Waals surface area contributed by atoms with Crippen molar-refractivity contribution in [3.63, 3.8) is 0 Å². The molecule has 0 aliphatic heterocycles. The quantitative estimate of drug-likeness (QED) is 0.616. The van der Waals surface area contributed by atoms with E-state index in [1.807, 2.05) is 48.5 Å². The molecule has 19 heavy (non-hydrogen) atoms. The Hall–Kier alpha value is -1.81. The highest BCUT2D eigenvalue weighted by atomic mass is 79.9. The van der Waals surface area contributed by atoms with Crippen LogP contribution in [0.4, 0.5) is 0 Å². The van der Waals surface area contributed by atoms with Crippen molar-refractivity contribution in [2.45, 2.75) is 6.61 Å². The van der Waals surface area contributed by atoms with Gasteiger partial charge < -0.3 is 9.57 Å². The summed E-state index contributed by atoms with van der Waals surface area (Å²) in [5.41, 5.74) is 2.04. The SMILES string of the molecule is COc1ccc(CON=Cc2cccc(Br)c2)cc1. The first-order valence-electron chi connectivity index (χ1n) is 5.82. The van der Waals surface area contributed by atoms with E-state index in [0.717, 1.165) is 21.3 Å². The molecule has 2 aromatic rings. The van der Waals surface area contributed by atoms with Crippen molar-refractivity contribution < 1.29 is 9.57 Å². The molecule has 0 radical (unpaired) electrons. The molecular formula is C15H14BrNO2. The van der Waals surface area contributed by atoms with Crippen molar-refractivity contribution in [3.8, 4) is 5.75 Å². The summed E-state index contributed by atoms with van der Waals surface area (Å²) in [7, 11) is 1.65. The Bertz CT molecular complexity index is 552. The number of hydrogen-bond acceptors (Lipinski definition) is 3. The zero-order valence-electron chi connectivity index (χ0n) is 10.5. The van der Waals surface area contributed by atoms with Crippen LogP contribution in [0.15, 0.2) is 58.2 Å². The monoisotopic (exact) mass is 319 g/mol. The molecule has 4 heteroatoms. The van der Waals surface area contributed by atoms with Crippen molar-refractivity contribution in [2.75, 3.05) is 7.11 Å². The van der Waals surface area contributed by atoms with Gasteiger partial charge in [-0.3, -0.25) is 0 Å². The van der Waals surface area contributed by atoms with Crippen molar-refractivity contribution >= 4 is 22.1 Å². The van der Waals surface area contributed by atoms with Gasteiger partial charge in [-0.15, -0.1) is 0 Å². The van der Waals surface area contributed by atoms with Crippen LogP contribution in [0.5, 0.6) is 5.75 Å². The number of nitrogens with zero attached hydrogens (tertiary/aromatic N) is 1. The maximum absolute atomic E-state index is 5.25. The third-order valence-corrected chi connectivity index (χ3v) is 3.01. The summed E-state index contributed by atoms with van der Waals surface area (Å²) in [5, 5.41) is 3.94. The fourth-order valence-corrected chi connectivity index (χ4v) is 1.94. The number of methoxy groups -OCH3 is 1. The Morgan fingerprint density at radius 1 is 1.16 bits per heavy atom. The third-order valence-electron chi connectivity index (χ3n) is 2.52. The fourth-order valence-electron chi connectivity index (χ4n) is 1.52. The molecule has 0 unspecified atom stereocenters. The Kier molecular flexibility index (Phi) is 4.98. The number of ether oxygens (including phenoxy) is 1. The van der Waals surface area contributed by atoms with Gasteiger partial charge in [-0.1, -0.05) is 45.4 Å². The second-order valence-corrected chi connectivity index (χ2v) is 4.83. The summed E-state index contributed by atoms with van der Waals surface area (Å²) in [6, 6.07) is 15.6. The minimum absolute atomic E-state index is 0.439. The van der Waals surface area contributed by atoms with Gasteiger partial charge >= 0.3 is 0 Å². The first kappa shape index (κ1) is 13.6. The first-order chi connectivity index (χ1) is 9.28. The molecule has 0 heterocycles. The van der Waals surface area contributed by atoms with E-state index in [9.17, 15) is 0 Å². The summed E-state index contributed by atoms with van der Waals surface area (Å²) in [5.74, 6) is 0.835. The predicted molar refractivity (Wildman–Crippen MR) is 79.5 cm³/mol. The lowest BCUT2D eigenvalue weighted by atomic mass is 10.2. The number of halogens is 1. The summed E-state index contributed by atoms with van der Waals surface area (Å²) in [6.07, 6.45) is 1.69. The van der Waals surface area contributed by atoms with E-state index in [2.05, 4.69) is 21.1 Å². The maximum Gasteiger partial charge on any atom is 0.142 e. The zero-order chi connectivity index (χ0) is 13.5. The molecule has 2 rings (SSSR count). The van der Waals surface area contributed by atoms with Crippen LogP contribution in [0, 0.1) is 0 Å². The zero-order valence-corrected chi connectivity index (χ0v) is 12.1. The van der Waals surface area contributed by atoms with Crippen molar-refractivity contribution in [3.05, 3.63) is 64.1 Å². The molecule has 0 amide bonds. The largest absolute Gasteiger partial charge is 0.497 e. The van der Waals surface area contributed by atoms with Crippen LogP contribution >= 0.6 is 15.9 Å². The fraction of sp³-hybridized carbons (Fsp3) is 0.133. The second-order valence-electron chi connectivity index (χ2n) is 3.91. The molecular weight excluding hydrogens is 306 g/mol. The molecule has 0 aliphatic rings. The van der Waals surface area contributed by atoms with Crippen LogP contribution in [0.1, 0.15) is 11.1 Å². The molecule has 0 aliphatic carbocycles. The average molecular weight is 320 g/mol. The Balaban J connectivity index is 1.85. The van der Waals surface area contributed by atoms with E-state index in [0.29, 0.717) is 6.61 Å². The van der Waals surface area contributed by atoms with Gasteiger partial charge in [0.25, 0.3) is 0 Å². The maximum atomic E-state index is 5.25. The summed E-state index contributed by atoms with van der Waals surface area (Å²) in [4.78, 5) is 5.25. The molecule has 0 bridgehead atoms. The highest BCUT2D eigenvalue weighted by molar-refractivity contribution is 9.10. The van der Waals surface area contributed by atoms with E-state index >= 15 is 0 Å². The van der Waals surface area contributed by atoms with Crippen LogP contribution < -0.4 is 4.74 Å². The number of rotatable bonds is 5. The highest BCUT2D eigenvalue weighted by Gasteiger charge is 1.94. The van der Waals surface area contributed by atoms with E-state index < -0.39 is 0 Å². The van der Waals surface area contributed by atoms with Crippen LogP contribution in [0.2, 0.25) is 0 Å². The van der Waals surface area contributed by atoms with Gasteiger partial charge in [0.2, 0.25) is 0 Å². The lowest BCUT2D eigenvalue weighted by molar-refractivity contribution is 0.132. The van der Waals surface area contributed by atoms with E-state index in [1.165, 1.54) is 0 Å². The molecule has 0 spiro atoms. The van der Waals surface area contributed by atoms with Crippen molar-refractivity contribution in [1.82, 2.24) is 0 Å². The smallest absolute Gasteiger partial charge is 0.142 e. The molecule has 0 atom stereocenters. The van der Waals surface area contributed by atoms with E-state index in [4.69, 9.17) is 9.57 Å². The molecule has 3 nitrogen and oxygen atoms in total. The standard InChI is InChI=1S/C15H14BrNO2/c1-18-15-7-5-12(6-8-15)11-19-17-10-13-3-2-4-14(16)9-13/h2-10H,11H2,1H3. The molecule has 0 saturated heterocycles. The lowest BCUT2D eigenvalue weighted by Gasteiger charge is -2.02. The van der Waals surface area contributed by atoms with Crippen LogP contribution in [0.25, 0.3) is 0 Å². The molecule has 2 aromatic carbocycles. The van der Waals surface area contributed by atoms with Gasteiger partial charge in [0.1, 0.15) is 12.4 Å². The molecule has 98 valence electrons.